The second-order valence-corrected chi connectivity index (χ2v) is 5.59. The Bertz CT molecular complexity index is 820. The molecule has 0 radical (unpaired) electrons. The second kappa shape index (κ2) is 5.34. The number of H-pyrrole nitrogens is 1. The molecule has 0 atom stereocenters. The third kappa shape index (κ3) is 2.13. The summed E-state index contributed by atoms with van der Waals surface area (Å²) in [6.07, 6.45) is 2.07. The van der Waals surface area contributed by atoms with E-state index in [-0.39, 0.29) is 0 Å². The quantitative estimate of drug-likeness (QED) is 0.574. The summed E-state index contributed by atoms with van der Waals surface area (Å²) in [6.45, 7) is 0. The van der Waals surface area contributed by atoms with Crippen LogP contribution in [0.5, 0.6) is 5.75 Å². The lowest BCUT2D eigenvalue weighted by molar-refractivity contribution is 0.419. The van der Waals surface area contributed by atoms with Gasteiger partial charge in [0, 0.05) is 10.6 Å². The van der Waals surface area contributed by atoms with Gasteiger partial charge in [0.25, 0.3) is 0 Å². The summed E-state index contributed by atoms with van der Waals surface area (Å²) in [7, 11) is 1.66. The van der Waals surface area contributed by atoms with E-state index in [0.29, 0.717) is 4.77 Å². The van der Waals surface area contributed by atoms with Crippen LogP contribution >= 0.6 is 24.0 Å². The lowest BCUT2D eigenvalue weighted by Crippen LogP contribution is -1.94. The summed E-state index contributed by atoms with van der Waals surface area (Å²) in [5.74, 6) is 0.799. The molecule has 20 heavy (non-hydrogen) atoms. The van der Waals surface area contributed by atoms with Crippen molar-refractivity contribution in [3.63, 3.8) is 0 Å². The molecule has 0 bridgehead atoms. The maximum Gasteiger partial charge on any atom is 0.182 e. The number of aromatic nitrogens is 2. The maximum atomic E-state index is 5.47. The van der Waals surface area contributed by atoms with E-state index in [2.05, 4.69) is 29.4 Å². The molecular formula is C15H14N2OS2. The van der Waals surface area contributed by atoms with Gasteiger partial charge in [-0.25, -0.2) is 0 Å². The van der Waals surface area contributed by atoms with E-state index < -0.39 is 0 Å². The van der Waals surface area contributed by atoms with Crippen LogP contribution in [-0.2, 0) is 0 Å². The van der Waals surface area contributed by atoms with Crippen molar-refractivity contribution in [3.05, 3.63) is 47.2 Å². The number of hydrogen-bond donors (Lipinski definition) is 1. The molecule has 1 heterocycles. The highest BCUT2D eigenvalue weighted by molar-refractivity contribution is 7.98. The molecule has 1 aromatic heterocycles. The van der Waals surface area contributed by atoms with Gasteiger partial charge >= 0.3 is 0 Å². The number of nitrogens with one attached hydrogen (secondary N) is 1. The number of methoxy groups -OCH3 is 1. The molecule has 0 aliphatic rings. The number of thioether (sulfide) groups is 1. The number of imidazole rings is 1. The van der Waals surface area contributed by atoms with Crippen LogP contribution in [0.2, 0.25) is 0 Å². The zero-order valence-electron chi connectivity index (χ0n) is 11.2. The minimum Gasteiger partial charge on any atom is -0.494 e. The highest BCUT2D eigenvalue weighted by Gasteiger charge is 2.10. The monoisotopic (exact) mass is 302 g/mol. The maximum absolute atomic E-state index is 5.47. The van der Waals surface area contributed by atoms with Crippen molar-refractivity contribution < 1.29 is 4.74 Å². The standard InChI is InChI=1S/C15H14N2OS2/c1-18-13-8-4-7-12-14(13)16-15(19)17(12)10-5-3-6-11(9-10)20-2/h3-9H,1-2H3,(H,16,19). The van der Waals surface area contributed by atoms with Crippen LogP contribution in [0.1, 0.15) is 0 Å². The molecule has 0 unspecified atom stereocenters. The SMILES string of the molecule is COc1cccc2c1[nH]c(=S)n2-c1cccc(SC)c1. The van der Waals surface area contributed by atoms with Gasteiger partial charge in [-0.05, 0) is 48.8 Å². The number of rotatable bonds is 3. The Hall–Kier alpha value is -1.72. The average molecular weight is 302 g/mol. The normalized spacial score (nSPS) is 10.9. The van der Waals surface area contributed by atoms with Crippen molar-refractivity contribution in [1.29, 1.82) is 0 Å². The lowest BCUT2D eigenvalue weighted by Gasteiger charge is -2.07. The number of benzene rings is 2. The minimum absolute atomic E-state index is 0.669. The fourth-order valence-corrected chi connectivity index (χ4v) is 3.04. The van der Waals surface area contributed by atoms with Gasteiger partial charge in [0.2, 0.25) is 0 Å². The Morgan fingerprint density at radius 1 is 1.20 bits per heavy atom. The summed E-state index contributed by atoms with van der Waals surface area (Å²) in [4.78, 5) is 4.44. The number of ether oxygens (including phenoxy) is 1. The molecule has 0 fully saturated rings. The molecule has 3 nitrogen and oxygen atoms in total. The highest BCUT2D eigenvalue weighted by atomic mass is 32.2. The fourth-order valence-electron chi connectivity index (χ4n) is 2.28. The molecule has 0 saturated carbocycles. The Labute approximate surface area is 126 Å². The van der Waals surface area contributed by atoms with Crippen molar-refractivity contribution in [2.45, 2.75) is 4.90 Å². The number of aromatic amines is 1. The molecular weight excluding hydrogens is 288 g/mol. The van der Waals surface area contributed by atoms with Crippen molar-refractivity contribution in [2.24, 2.45) is 0 Å². The van der Waals surface area contributed by atoms with Crippen LogP contribution in [0, 0.1) is 4.77 Å². The van der Waals surface area contributed by atoms with E-state index in [0.717, 1.165) is 22.5 Å². The Morgan fingerprint density at radius 3 is 2.75 bits per heavy atom. The van der Waals surface area contributed by atoms with Crippen molar-refractivity contribution in [3.8, 4) is 11.4 Å². The molecule has 0 saturated heterocycles. The van der Waals surface area contributed by atoms with Gasteiger partial charge < -0.3 is 9.72 Å². The first-order valence-electron chi connectivity index (χ1n) is 6.17. The fraction of sp³-hybridized carbons (Fsp3) is 0.133. The Morgan fingerprint density at radius 2 is 2.00 bits per heavy atom. The summed E-state index contributed by atoms with van der Waals surface area (Å²) in [6, 6.07) is 14.3. The lowest BCUT2D eigenvalue weighted by atomic mass is 10.2. The van der Waals surface area contributed by atoms with E-state index in [9.17, 15) is 0 Å². The molecule has 3 rings (SSSR count). The van der Waals surface area contributed by atoms with Crippen LogP contribution in [0.15, 0.2) is 47.4 Å². The van der Waals surface area contributed by atoms with Crippen LogP contribution in [0.25, 0.3) is 16.7 Å². The number of para-hydroxylation sites is 1. The van der Waals surface area contributed by atoms with Crippen molar-refractivity contribution in [1.82, 2.24) is 9.55 Å². The smallest absolute Gasteiger partial charge is 0.182 e. The predicted molar refractivity (Wildman–Crippen MR) is 86.8 cm³/mol. The van der Waals surface area contributed by atoms with Gasteiger partial charge in [-0.15, -0.1) is 11.8 Å². The van der Waals surface area contributed by atoms with Gasteiger partial charge in [0.1, 0.15) is 11.3 Å². The van der Waals surface area contributed by atoms with Crippen molar-refractivity contribution >= 4 is 35.0 Å². The van der Waals surface area contributed by atoms with Gasteiger partial charge in [-0.3, -0.25) is 4.57 Å². The third-order valence-electron chi connectivity index (χ3n) is 3.21. The Balaban J connectivity index is 2.31. The summed E-state index contributed by atoms with van der Waals surface area (Å²) in [5.41, 5.74) is 3.00. The molecule has 102 valence electrons. The minimum atomic E-state index is 0.669. The van der Waals surface area contributed by atoms with E-state index in [1.54, 1.807) is 18.9 Å². The van der Waals surface area contributed by atoms with Crippen LogP contribution in [0.4, 0.5) is 0 Å². The van der Waals surface area contributed by atoms with Crippen LogP contribution in [0.3, 0.4) is 0 Å². The molecule has 0 aliphatic heterocycles. The largest absolute Gasteiger partial charge is 0.494 e. The van der Waals surface area contributed by atoms with Gasteiger partial charge in [0.05, 0.1) is 12.6 Å². The average Bonchev–Trinajstić information content (AvgIpc) is 2.83. The third-order valence-corrected chi connectivity index (χ3v) is 4.22. The molecule has 1 N–H and O–H groups in total. The number of nitrogens with zero attached hydrogens (tertiary/aromatic N) is 1. The zero-order chi connectivity index (χ0) is 14.1. The van der Waals surface area contributed by atoms with Crippen LogP contribution in [-0.4, -0.2) is 22.9 Å². The molecule has 2 aromatic carbocycles. The summed E-state index contributed by atoms with van der Waals surface area (Å²) in [5, 5.41) is 0. The van der Waals surface area contributed by atoms with Crippen LogP contribution < -0.4 is 4.74 Å². The summed E-state index contributed by atoms with van der Waals surface area (Å²) < 4.78 is 8.09. The first-order valence-corrected chi connectivity index (χ1v) is 7.80. The highest BCUT2D eigenvalue weighted by Crippen LogP contribution is 2.28. The second-order valence-electron chi connectivity index (χ2n) is 4.32. The first kappa shape index (κ1) is 13.3. The van der Waals surface area contributed by atoms with E-state index >= 15 is 0 Å². The molecule has 0 spiro atoms. The van der Waals surface area contributed by atoms with Gasteiger partial charge in [-0.1, -0.05) is 12.1 Å². The van der Waals surface area contributed by atoms with Crippen molar-refractivity contribution in [2.75, 3.05) is 13.4 Å². The molecule has 3 aromatic rings. The van der Waals surface area contributed by atoms with Gasteiger partial charge in [0.15, 0.2) is 4.77 Å². The molecule has 5 heteroatoms. The topological polar surface area (TPSA) is 29.9 Å². The Kier molecular flexibility index (Phi) is 3.54. The predicted octanol–water partition coefficient (Wildman–Crippen LogP) is 4.42. The van der Waals surface area contributed by atoms with E-state index in [1.807, 2.05) is 28.8 Å². The number of fused-ring (bicyclic) bond motifs is 1. The molecule has 0 amide bonds. The molecule has 0 aliphatic carbocycles. The summed E-state index contributed by atoms with van der Waals surface area (Å²) >= 11 is 7.18. The number of hydrogen-bond acceptors (Lipinski definition) is 3. The zero-order valence-corrected chi connectivity index (χ0v) is 12.8. The van der Waals surface area contributed by atoms with Gasteiger partial charge in [-0.2, -0.15) is 0 Å². The first-order chi connectivity index (χ1) is 9.74. The van der Waals surface area contributed by atoms with E-state index in [4.69, 9.17) is 17.0 Å². The van der Waals surface area contributed by atoms with E-state index in [1.165, 1.54) is 4.90 Å².